The van der Waals surface area contributed by atoms with E-state index in [1.54, 1.807) is 11.0 Å². The van der Waals surface area contributed by atoms with Gasteiger partial charge in [-0.3, -0.25) is 4.79 Å². The van der Waals surface area contributed by atoms with E-state index in [2.05, 4.69) is 0 Å². The standard InChI is InChI=1S/C20H21NO4/c22-18(21-12-10-20(25,11-13-21)19(23)24)17-9-5-4-8-16(17)14-15-6-2-1-3-7-15/h1-9,25H,10-14H2,(H,23,24). The van der Waals surface area contributed by atoms with Crippen LogP contribution >= 0.6 is 0 Å². The molecule has 1 aliphatic rings. The van der Waals surface area contributed by atoms with Crippen molar-refractivity contribution in [2.75, 3.05) is 13.1 Å². The number of aliphatic carboxylic acids is 1. The molecule has 3 rings (SSSR count). The Balaban J connectivity index is 1.76. The molecular weight excluding hydrogens is 318 g/mol. The van der Waals surface area contributed by atoms with E-state index >= 15 is 0 Å². The quantitative estimate of drug-likeness (QED) is 0.896. The van der Waals surface area contributed by atoms with Crippen molar-refractivity contribution in [2.45, 2.75) is 24.9 Å². The number of benzene rings is 2. The van der Waals surface area contributed by atoms with Crippen LogP contribution in [-0.4, -0.2) is 45.7 Å². The van der Waals surface area contributed by atoms with Crippen molar-refractivity contribution >= 4 is 11.9 Å². The molecule has 5 nitrogen and oxygen atoms in total. The summed E-state index contributed by atoms with van der Waals surface area (Å²) in [5.41, 5.74) is 0.979. The maximum absolute atomic E-state index is 12.9. The number of carboxylic acid groups (broad SMARTS) is 1. The van der Waals surface area contributed by atoms with Gasteiger partial charge in [0, 0.05) is 31.5 Å². The molecule has 2 aromatic carbocycles. The predicted molar refractivity (Wildman–Crippen MR) is 93.4 cm³/mol. The predicted octanol–water partition coefficient (Wildman–Crippen LogP) is 2.33. The second-order valence-corrected chi connectivity index (χ2v) is 6.45. The van der Waals surface area contributed by atoms with Gasteiger partial charge in [-0.1, -0.05) is 48.5 Å². The number of aliphatic hydroxyl groups is 1. The van der Waals surface area contributed by atoms with Gasteiger partial charge in [-0.25, -0.2) is 4.79 Å². The van der Waals surface area contributed by atoms with Crippen LogP contribution in [0.3, 0.4) is 0 Å². The van der Waals surface area contributed by atoms with Crippen LogP contribution in [-0.2, 0) is 11.2 Å². The minimum absolute atomic E-state index is 0.0505. The molecule has 0 spiro atoms. The van der Waals surface area contributed by atoms with Gasteiger partial charge in [0.15, 0.2) is 5.60 Å². The van der Waals surface area contributed by atoms with Crippen molar-refractivity contribution in [1.82, 2.24) is 4.90 Å². The summed E-state index contributed by atoms with van der Waals surface area (Å²) >= 11 is 0. The SMILES string of the molecule is O=C(c1ccccc1Cc1ccccc1)N1CCC(O)(C(=O)O)CC1. The van der Waals surface area contributed by atoms with E-state index in [-0.39, 0.29) is 31.8 Å². The number of carbonyl (C=O) groups is 2. The first-order valence-corrected chi connectivity index (χ1v) is 8.36. The van der Waals surface area contributed by atoms with Gasteiger partial charge < -0.3 is 15.1 Å². The van der Waals surface area contributed by atoms with E-state index in [1.807, 2.05) is 48.5 Å². The van der Waals surface area contributed by atoms with Crippen LogP contribution in [0.2, 0.25) is 0 Å². The molecule has 0 atom stereocenters. The lowest BCUT2D eigenvalue weighted by Crippen LogP contribution is -2.50. The van der Waals surface area contributed by atoms with E-state index in [9.17, 15) is 14.7 Å². The van der Waals surface area contributed by atoms with Crippen molar-refractivity contribution < 1.29 is 19.8 Å². The van der Waals surface area contributed by atoms with Crippen LogP contribution in [0.5, 0.6) is 0 Å². The Labute approximate surface area is 146 Å². The fourth-order valence-electron chi connectivity index (χ4n) is 3.16. The molecule has 0 saturated carbocycles. The second-order valence-electron chi connectivity index (χ2n) is 6.45. The highest BCUT2D eigenvalue weighted by Crippen LogP contribution is 2.25. The van der Waals surface area contributed by atoms with Crippen molar-refractivity contribution in [3.8, 4) is 0 Å². The number of hydrogen-bond acceptors (Lipinski definition) is 3. The molecule has 2 aromatic rings. The summed E-state index contributed by atoms with van der Waals surface area (Å²) in [6.45, 7) is 0.475. The van der Waals surface area contributed by atoms with E-state index < -0.39 is 11.6 Å². The van der Waals surface area contributed by atoms with Crippen molar-refractivity contribution in [3.63, 3.8) is 0 Å². The van der Waals surface area contributed by atoms with Gasteiger partial charge in [-0.05, 0) is 23.6 Å². The topological polar surface area (TPSA) is 77.8 Å². The first-order chi connectivity index (χ1) is 12.0. The maximum Gasteiger partial charge on any atom is 0.335 e. The number of carboxylic acids is 1. The summed E-state index contributed by atoms with van der Waals surface area (Å²) in [5, 5.41) is 19.1. The third-order valence-corrected chi connectivity index (χ3v) is 4.76. The Morgan fingerprint density at radius 1 is 0.960 bits per heavy atom. The smallest absolute Gasteiger partial charge is 0.335 e. The number of likely N-dealkylation sites (tertiary alicyclic amines) is 1. The normalized spacial score (nSPS) is 16.4. The average molecular weight is 339 g/mol. The van der Waals surface area contributed by atoms with E-state index in [0.717, 1.165) is 11.1 Å². The van der Waals surface area contributed by atoms with Crippen LogP contribution in [0.4, 0.5) is 0 Å². The Morgan fingerprint density at radius 3 is 2.20 bits per heavy atom. The Morgan fingerprint density at radius 2 is 1.56 bits per heavy atom. The van der Waals surface area contributed by atoms with Crippen molar-refractivity contribution in [1.29, 1.82) is 0 Å². The van der Waals surface area contributed by atoms with Crippen LogP contribution < -0.4 is 0 Å². The molecule has 1 fully saturated rings. The fraction of sp³-hybridized carbons (Fsp3) is 0.300. The molecule has 2 N–H and O–H groups in total. The van der Waals surface area contributed by atoms with Gasteiger partial charge in [-0.2, -0.15) is 0 Å². The largest absolute Gasteiger partial charge is 0.479 e. The first-order valence-electron chi connectivity index (χ1n) is 8.36. The lowest BCUT2D eigenvalue weighted by molar-refractivity contribution is -0.162. The Bertz CT molecular complexity index is 764. The zero-order chi connectivity index (χ0) is 17.9. The number of carbonyl (C=O) groups excluding carboxylic acids is 1. The highest BCUT2D eigenvalue weighted by atomic mass is 16.4. The second kappa shape index (κ2) is 7.07. The fourth-order valence-corrected chi connectivity index (χ4v) is 3.16. The summed E-state index contributed by atoms with van der Waals surface area (Å²) in [4.78, 5) is 25.6. The Hall–Kier alpha value is -2.66. The summed E-state index contributed by atoms with van der Waals surface area (Å²) in [6, 6.07) is 17.4. The monoisotopic (exact) mass is 339 g/mol. The van der Waals surface area contributed by atoms with Gasteiger partial charge in [0.05, 0.1) is 0 Å². The van der Waals surface area contributed by atoms with Crippen LogP contribution in [0.25, 0.3) is 0 Å². The molecule has 5 heteroatoms. The van der Waals surface area contributed by atoms with Gasteiger partial charge >= 0.3 is 5.97 Å². The maximum atomic E-state index is 12.9. The average Bonchev–Trinajstić information content (AvgIpc) is 2.63. The summed E-state index contributed by atoms with van der Waals surface area (Å²) in [6.07, 6.45) is 0.763. The molecule has 0 unspecified atom stereocenters. The van der Waals surface area contributed by atoms with Crippen LogP contribution in [0.15, 0.2) is 54.6 Å². The first kappa shape index (κ1) is 17.2. The van der Waals surface area contributed by atoms with E-state index in [4.69, 9.17) is 5.11 Å². The highest BCUT2D eigenvalue weighted by Gasteiger charge is 2.40. The van der Waals surface area contributed by atoms with Crippen molar-refractivity contribution in [3.05, 3.63) is 71.3 Å². The third kappa shape index (κ3) is 3.72. The molecule has 130 valence electrons. The molecule has 1 amide bonds. The molecule has 0 aromatic heterocycles. The number of hydrogen-bond donors (Lipinski definition) is 2. The minimum atomic E-state index is -1.72. The molecule has 0 radical (unpaired) electrons. The molecule has 1 saturated heterocycles. The lowest BCUT2D eigenvalue weighted by Gasteiger charge is -2.35. The van der Waals surface area contributed by atoms with Crippen LogP contribution in [0, 0.1) is 0 Å². The number of amides is 1. The Kier molecular flexibility index (Phi) is 4.86. The van der Waals surface area contributed by atoms with Crippen LogP contribution in [0.1, 0.15) is 34.3 Å². The van der Waals surface area contributed by atoms with Crippen molar-refractivity contribution in [2.24, 2.45) is 0 Å². The van der Waals surface area contributed by atoms with Gasteiger partial charge in [0.2, 0.25) is 0 Å². The summed E-state index contributed by atoms with van der Waals surface area (Å²) < 4.78 is 0. The number of piperidine rings is 1. The molecular formula is C20H21NO4. The van der Waals surface area contributed by atoms with E-state index in [0.29, 0.717) is 12.0 Å². The zero-order valence-electron chi connectivity index (χ0n) is 13.9. The van der Waals surface area contributed by atoms with Gasteiger partial charge in [-0.15, -0.1) is 0 Å². The molecule has 0 aliphatic carbocycles. The highest BCUT2D eigenvalue weighted by molar-refractivity contribution is 5.96. The summed E-state index contributed by atoms with van der Waals surface area (Å²) in [5.74, 6) is -1.33. The minimum Gasteiger partial charge on any atom is -0.479 e. The van der Waals surface area contributed by atoms with Gasteiger partial charge in [0.25, 0.3) is 5.91 Å². The lowest BCUT2D eigenvalue weighted by atomic mass is 9.91. The summed E-state index contributed by atoms with van der Waals surface area (Å²) in [7, 11) is 0. The molecule has 25 heavy (non-hydrogen) atoms. The molecule has 1 heterocycles. The molecule has 1 aliphatic heterocycles. The molecule has 0 bridgehead atoms. The van der Waals surface area contributed by atoms with Gasteiger partial charge in [0.1, 0.15) is 0 Å². The zero-order valence-corrected chi connectivity index (χ0v) is 13.9. The number of rotatable bonds is 4. The van der Waals surface area contributed by atoms with E-state index in [1.165, 1.54) is 0 Å². The number of nitrogens with zero attached hydrogens (tertiary/aromatic N) is 1. The third-order valence-electron chi connectivity index (χ3n) is 4.76.